The Balaban J connectivity index is 1.41. The molecule has 3 aromatic carbocycles. The topological polar surface area (TPSA) is 117 Å². The van der Waals surface area contributed by atoms with Crippen LogP contribution in [0.5, 0.6) is 0 Å². The van der Waals surface area contributed by atoms with E-state index in [1.54, 1.807) is 4.31 Å². The zero-order valence-corrected chi connectivity index (χ0v) is 27.3. The number of nitrogens with zero attached hydrogens (tertiary/aromatic N) is 1. The van der Waals surface area contributed by atoms with Gasteiger partial charge in [0.15, 0.2) is 0 Å². The minimum absolute atomic E-state index is 0.0313. The van der Waals surface area contributed by atoms with Crippen LogP contribution in [-0.4, -0.2) is 68.3 Å². The third-order valence-corrected chi connectivity index (χ3v) is 11.3. The highest BCUT2D eigenvalue weighted by molar-refractivity contribution is 7.90. The summed E-state index contributed by atoms with van der Waals surface area (Å²) in [6, 6.07) is 9.52. The Morgan fingerprint density at radius 1 is 0.958 bits per heavy atom. The van der Waals surface area contributed by atoms with Crippen molar-refractivity contribution in [2.24, 2.45) is 0 Å². The lowest BCUT2D eigenvalue weighted by Gasteiger charge is -2.40. The molecule has 0 bridgehead atoms. The minimum atomic E-state index is -3.45. The van der Waals surface area contributed by atoms with E-state index in [1.165, 1.54) is 30.3 Å². The molecule has 0 spiro atoms. The Bertz CT molecular complexity index is 1720. The fourth-order valence-electron chi connectivity index (χ4n) is 6.37. The predicted octanol–water partition coefficient (Wildman–Crippen LogP) is 5.22. The van der Waals surface area contributed by atoms with Gasteiger partial charge in [-0.2, -0.15) is 4.31 Å². The van der Waals surface area contributed by atoms with Crippen molar-refractivity contribution < 1.29 is 40.3 Å². The van der Waals surface area contributed by atoms with Crippen molar-refractivity contribution in [2.75, 3.05) is 25.5 Å². The molecule has 0 aromatic heterocycles. The van der Waals surface area contributed by atoms with Gasteiger partial charge in [-0.15, -0.1) is 0 Å². The summed E-state index contributed by atoms with van der Waals surface area (Å²) in [6.07, 6.45) is 1.24. The molecule has 0 radical (unpaired) electrons. The number of sulfonamides is 1. The molecule has 4 atom stereocenters. The number of hydrogen-bond acceptors (Lipinski definition) is 6. The number of benzene rings is 3. The van der Waals surface area contributed by atoms with E-state index in [2.05, 4.69) is 16.0 Å². The van der Waals surface area contributed by atoms with Gasteiger partial charge >= 0.3 is 6.09 Å². The molecule has 258 valence electrons. The maximum atomic E-state index is 15.3. The number of amides is 2. The van der Waals surface area contributed by atoms with Crippen LogP contribution in [0, 0.1) is 23.3 Å². The normalized spacial score (nSPS) is 19.7. The molecule has 3 N–H and O–H groups in total. The number of alkyl carbamates (subject to hydrolysis) is 1. The van der Waals surface area contributed by atoms with Crippen LogP contribution in [-0.2, 0) is 26.0 Å². The number of carbonyl (C=O) groups excluding carboxylic acids is 2. The van der Waals surface area contributed by atoms with Gasteiger partial charge in [-0.25, -0.2) is 30.8 Å². The highest BCUT2D eigenvalue weighted by Gasteiger charge is 2.45. The van der Waals surface area contributed by atoms with E-state index >= 15 is 4.39 Å². The Morgan fingerprint density at radius 2 is 1.65 bits per heavy atom. The van der Waals surface area contributed by atoms with Gasteiger partial charge in [0.25, 0.3) is 0 Å². The van der Waals surface area contributed by atoms with Crippen LogP contribution in [0.2, 0.25) is 0 Å². The van der Waals surface area contributed by atoms with Gasteiger partial charge in [-0.1, -0.05) is 18.2 Å². The standard InChI is InChI=1S/C34H38F4N4O5S/c1-20-18-39-19-26(42(20)48(45,46)27-13-14-27)5-3-6-28-29(38)7-4-8-30(28)40-33(43)32(41-34(44)47-2)31(21-9-11-23(35)12-10-21)22-15-24(36)17-25(37)16-22/h4,7-12,15-17,20,26-27,31-32,39H,3,5-6,13-14,18-19H2,1-2H3,(H,40,43)(H,41,44)/t20-,26+,31+,32+/m1/s1. The highest BCUT2D eigenvalue weighted by atomic mass is 32.2. The van der Waals surface area contributed by atoms with Crippen molar-refractivity contribution in [2.45, 2.75) is 68.3 Å². The number of hydrogen-bond donors (Lipinski definition) is 3. The Labute approximate surface area is 277 Å². The van der Waals surface area contributed by atoms with Gasteiger partial charge in [0, 0.05) is 48.4 Å². The lowest BCUT2D eigenvalue weighted by atomic mass is 9.84. The SMILES string of the molecule is COC(=O)N[C@H](C(=O)Nc1cccc(F)c1CCC[C@H]1CNC[C@@H](C)N1S(=O)(=O)C1CC1)[C@@H](c1ccc(F)cc1)c1cc(F)cc(F)c1. The monoisotopic (exact) mass is 690 g/mol. The van der Waals surface area contributed by atoms with Gasteiger partial charge in [0.1, 0.15) is 29.3 Å². The van der Waals surface area contributed by atoms with E-state index in [9.17, 15) is 31.2 Å². The molecule has 2 amide bonds. The summed E-state index contributed by atoms with van der Waals surface area (Å²) in [5.41, 5.74) is 0.471. The van der Waals surface area contributed by atoms with E-state index in [0.717, 1.165) is 31.4 Å². The van der Waals surface area contributed by atoms with E-state index in [0.29, 0.717) is 44.8 Å². The molecule has 0 unspecified atom stereocenters. The molecular formula is C34H38F4N4O5S. The molecule has 2 aliphatic rings. The Kier molecular flexibility index (Phi) is 11.1. The van der Waals surface area contributed by atoms with E-state index in [-0.39, 0.29) is 46.1 Å². The first-order chi connectivity index (χ1) is 22.9. The quantitative estimate of drug-likeness (QED) is 0.225. The maximum Gasteiger partial charge on any atom is 0.407 e. The van der Waals surface area contributed by atoms with Crippen LogP contribution in [0.1, 0.15) is 55.2 Å². The van der Waals surface area contributed by atoms with Crippen LogP contribution >= 0.6 is 0 Å². The summed E-state index contributed by atoms with van der Waals surface area (Å²) in [5, 5.41) is 8.00. The van der Waals surface area contributed by atoms with E-state index in [1.807, 2.05) is 6.92 Å². The largest absolute Gasteiger partial charge is 0.453 e. The smallest absolute Gasteiger partial charge is 0.407 e. The first-order valence-corrected chi connectivity index (χ1v) is 17.3. The molecule has 14 heteroatoms. The van der Waals surface area contributed by atoms with Crippen LogP contribution in [0.4, 0.5) is 28.0 Å². The van der Waals surface area contributed by atoms with Gasteiger partial charge in [-0.3, -0.25) is 4.79 Å². The number of ether oxygens (including phenoxy) is 1. The highest BCUT2D eigenvalue weighted by Crippen LogP contribution is 2.35. The molecule has 5 rings (SSSR count). The average Bonchev–Trinajstić information content (AvgIpc) is 3.89. The number of rotatable bonds is 12. The van der Waals surface area contributed by atoms with Crippen molar-refractivity contribution >= 4 is 27.7 Å². The van der Waals surface area contributed by atoms with E-state index < -0.39 is 57.3 Å². The Morgan fingerprint density at radius 3 is 2.29 bits per heavy atom. The Hall–Kier alpha value is -4.01. The van der Waals surface area contributed by atoms with Gasteiger partial charge in [0.2, 0.25) is 15.9 Å². The molecule has 48 heavy (non-hydrogen) atoms. The van der Waals surface area contributed by atoms with Crippen molar-refractivity contribution in [3.8, 4) is 0 Å². The van der Waals surface area contributed by atoms with Crippen LogP contribution < -0.4 is 16.0 Å². The van der Waals surface area contributed by atoms with Crippen LogP contribution in [0.15, 0.2) is 60.7 Å². The summed E-state index contributed by atoms with van der Waals surface area (Å²) < 4.78 is 90.7. The molecular weight excluding hydrogens is 652 g/mol. The van der Waals surface area contributed by atoms with Crippen molar-refractivity contribution in [3.63, 3.8) is 0 Å². The zero-order chi connectivity index (χ0) is 34.6. The summed E-state index contributed by atoms with van der Waals surface area (Å²) in [7, 11) is -2.38. The van der Waals surface area contributed by atoms with E-state index in [4.69, 9.17) is 4.74 Å². The maximum absolute atomic E-state index is 15.3. The molecule has 1 saturated carbocycles. The third-order valence-electron chi connectivity index (χ3n) is 8.74. The molecule has 9 nitrogen and oxygen atoms in total. The summed E-state index contributed by atoms with van der Waals surface area (Å²) >= 11 is 0. The number of methoxy groups -OCH3 is 1. The average molecular weight is 691 g/mol. The molecule has 3 aromatic rings. The van der Waals surface area contributed by atoms with Gasteiger partial charge in [0.05, 0.1) is 12.4 Å². The van der Waals surface area contributed by atoms with Crippen molar-refractivity contribution in [1.29, 1.82) is 0 Å². The number of piperazine rings is 1. The second-order valence-corrected chi connectivity index (χ2v) is 14.3. The first kappa shape index (κ1) is 35.3. The van der Waals surface area contributed by atoms with Crippen molar-refractivity contribution in [3.05, 3.63) is 101 Å². The van der Waals surface area contributed by atoms with Gasteiger partial charge in [-0.05, 0) is 86.6 Å². The minimum Gasteiger partial charge on any atom is -0.453 e. The summed E-state index contributed by atoms with van der Waals surface area (Å²) in [6.45, 7) is 2.86. The third kappa shape index (κ3) is 8.16. The van der Waals surface area contributed by atoms with Crippen LogP contribution in [0.3, 0.4) is 0 Å². The molecule has 1 heterocycles. The fraction of sp³-hybridized carbons (Fsp3) is 0.412. The zero-order valence-electron chi connectivity index (χ0n) is 26.5. The lowest BCUT2D eigenvalue weighted by Crippen LogP contribution is -2.58. The van der Waals surface area contributed by atoms with Crippen LogP contribution in [0.25, 0.3) is 0 Å². The molecule has 2 fully saturated rings. The fourth-order valence-corrected chi connectivity index (χ4v) is 8.62. The van der Waals surface area contributed by atoms with Crippen molar-refractivity contribution in [1.82, 2.24) is 14.9 Å². The predicted molar refractivity (Wildman–Crippen MR) is 172 cm³/mol. The first-order valence-electron chi connectivity index (χ1n) is 15.8. The number of carbonyl (C=O) groups is 2. The number of nitrogens with one attached hydrogen (secondary N) is 3. The summed E-state index contributed by atoms with van der Waals surface area (Å²) in [5.74, 6) is -5.17. The molecule has 1 saturated heterocycles. The second kappa shape index (κ2) is 15.0. The number of halogens is 4. The second-order valence-electron chi connectivity index (χ2n) is 12.2. The van der Waals surface area contributed by atoms with Gasteiger partial charge < -0.3 is 20.7 Å². The summed E-state index contributed by atoms with van der Waals surface area (Å²) in [4.78, 5) is 26.5. The molecule has 1 aliphatic carbocycles. The molecule has 1 aliphatic heterocycles. The number of anilines is 1. The lowest BCUT2D eigenvalue weighted by molar-refractivity contribution is -0.118.